The molecule has 1 unspecified atom stereocenters. The van der Waals surface area contributed by atoms with Crippen LogP contribution >= 0.6 is 7.82 Å². The van der Waals surface area contributed by atoms with Gasteiger partial charge in [-0.1, -0.05) is 6.58 Å². The number of ether oxygens (including phenoxy) is 3. The van der Waals surface area contributed by atoms with Crippen molar-refractivity contribution in [3.05, 3.63) is 12.2 Å². The molecule has 0 amide bonds. The van der Waals surface area contributed by atoms with E-state index in [9.17, 15) is 4.57 Å². The van der Waals surface area contributed by atoms with E-state index < -0.39 is 37.7 Å². The van der Waals surface area contributed by atoms with Crippen LogP contribution in [0.25, 0.3) is 0 Å². The summed E-state index contributed by atoms with van der Waals surface area (Å²) in [6, 6.07) is 0. The van der Waals surface area contributed by atoms with Gasteiger partial charge in [-0.15, -0.1) is 0 Å². The monoisotopic (exact) mass is 334 g/mol. The molecule has 0 radical (unpaired) electrons. The molecule has 3 saturated heterocycles. The summed E-state index contributed by atoms with van der Waals surface area (Å²) in [6.07, 6.45) is -1.93. The van der Waals surface area contributed by atoms with E-state index in [0.29, 0.717) is 5.57 Å². The first-order valence-electron chi connectivity index (χ1n) is 7.32. The van der Waals surface area contributed by atoms with E-state index in [-0.39, 0.29) is 12.7 Å². The molecule has 3 aliphatic rings. The highest BCUT2D eigenvalue weighted by molar-refractivity contribution is 7.48. The topological polar surface area (TPSA) is 72.5 Å². The second kappa shape index (κ2) is 5.11. The summed E-state index contributed by atoms with van der Waals surface area (Å²) < 4.78 is 45.9. The van der Waals surface area contributed by atoms with Gasteiger partial charge in [-0.3, -0.25) is 13.6 Å². The first-order chi connectivity index (χ1) is 9.98. The Morgan fingerprint density at radius 2 is 1.95 bits per heavy atom. The zero-order chi connectivity index (χ0) is 16.3. The Bertz CT molecular complexity index is 524. The minimum Gasteiger partial charge on any atom is -0.339 e. The summed E-state index contributed by atoms with van der Waals surface area (Å²) in [5.41, 5.74) is 0.0680. The summed E-state index contributed by atoms with van der Waals surface area (Å²) in [5.74, 6) is -0.707. The van der Waals surface area contributed by atoms with Crippen molar-refractivity contribution < 1.29 is 32.3 Å². The lowest BCUT2D eigenvalue weighted by Gasteiger charge is -2.25. The average molecular weight is 334 g/mol. The number of rotatable bonds is 2. The lowest BCUT2D eigenvalue weighted by molar-refractivity contribution is -0.206. The highest BCUT2D eigenvalue weighted by Crippen LogP contribution is 2.59. The van der Waals surface area contributed by atoms with Gasteiger partial charge < -0.3 is 14.2 Å². The number of hydrogen-bond acceptors (Lipinski definition) is 7. The second-order valence-corrected chi connectivity index (χ2v) is 8.69. The first kappa shape index (κ1) is 16.6. The van der Waals surface area contributed by atoms with Crippen molar-refractivity contribution in [3.8, 4) is 0 Å². The molecule has 3 heterocycles. The average Bonchev–Trinajstić information content (AvgIpc) is 2.90. The van der Waals surface area contributed by atoms with E-state index in [1.54, 1.807) is 20.8 Å². The molecular weight excluding hydrogens is 311 g/mol. The Morgan fingerprint density at radius 1 is 1.27 bits per heavy atom. The fourth-order valence-corrected chi connectivity index (χ4v) is 4.38. The van der Waals surface area contributed by atoms with Crippen LogP contribution in [0.1, 0.15) is 34.6 Å². The zero-order valence-electron chi connectivity index (χ0n) is 13.5. The molecule has 7 nitrogen and oxygen atoms in total. The maximum Gasteiger partial charge on any atom is 0.475 e. The molecule has 0 spiro atoms. The number of fused-ring (bicyclic) bond motifs is 1. The maximum absolute atomic E-state index is 12.4. The van der Waals surface area contributed by atoms with Crippen LogP contribution in [-0.4, -0.2) is 42.6 Å². The van der Waals surface area contributed by atoms with Gasteiger partial charge in [0.2, 0.25) is 0 Å². The second-order valence-electron chi connectivity index (χ2n) is 7.15. The number of phosphoric acid groups is 1. The van der Waals surface area contributed by atoms with Gasteiger partial charge in [0.1, 0.15) is 18.3 Å². The molecule has 0 aliphatic carbocycles. The van der Waals surface area contributed by atoms with Crippen LogP contribution in [0.5, 0.6) is 0 Å². The van der Waals surface area contributed by atoms with E-state index in [1.165, 1.54) is 0 Å². The third kappa shape index (κ3) is 3.17. The van der Waals surface area contributed by atoms with Crippen molar-refractivity contribution >= 4 is 7.82 Å². The minimum atomic E-state index is -3.58. The van der Waals surface area contributed by atoms with Crippen LogP contribution in [0, 0.1) is 0 Å². The molecular formula is C14H23O7P. The van der Waals surface area contributed by atoms with Crippen molar-refractivity contribution in [1.82, 2.24) is 0 Å². The van der Waals surface area contributed by atoms with Gasteiger partial charge in [-0.25, -0.2) is 4.57 Å². The van der Waals surface area contributed by atoms with E-state index >= 15 is 0 Å². The zero-order valence-corrected chi connectivity index (χ0v) is 14.4. The van der Waals surface area contributed by atoms with Gasteiger partial charge in [0.15, 0.2) is 12.1 Å². The van der Waals surface area contributed by atoms with E-state index in [4.69, 9.17) is 27.8 Å². The van der Waals surface area contributed by atoms with Crippen molar-refractivity contribution in [2.45, 2.75) is 70.6 Å². The molecule has 8 heteroatoms. The quantitative estimate of drug-likeness (QED) is 0.568. The van der Waals surface area contributed by atoms with Crippen LogP contribution in [0.15, 0.2) is 12.2 Å². The van der Waals surface area contributed by atoms with Gasteiger partial charge >= 0.3 is 7.82 Å². The molecule has 0 saturated carbocycles. The van der Waals surface area contributed by atoms with Gasteiger partial charge in [0.05, 0.1) is 12.2 Å². The predicted molar refractivity (Wildman–Crippen MR) is 77.1 cm³/mol. The Hall–Kier alpha value is -0.270. The molecule has 3 rings (SSSR count). The summed E-state index contributed by atoms with van der Waals surface area (Å²) in [6.45, 7) is 13.1. The SMILES string of the molecule is C=C1[C@H]2OC(C)(C)O[C@H]2O[C@@H]1[C@H]1COP(=O)(OC(C)(C)C)O1. The molecule has 3 aliphatic heterocycles. The lowest BCUT2D eigenvalue weighted by atomic mass is 10.0. The first-order valence-corrected chi connectivity index (χ1v) is 8.78. The Balaban J connectivity index is 1.66. The van der Waals surface area contributed by atoms with Gasteiger partial charge in [0.25, 0.3) is 0 Å². The largest absolute Gasteiger partial charge is 0.475 e. The minimum absolute atomic E-state index is 0.111. The van der Waals surface area contributed by atoms with Gasteiger partial charge in [-0.2, -0.15) is 0 Å². The van der Waals surface area contributed by atoms with Crippen molar-refractivity contribution in [2.75, 3.05) is 6.61 Å². The lowest BCUT2D eigenvalue weighted by Crippen LogP contribution is -2.33. The molecule has 5 atom stereocenters. The van der Waals surface area contributed by atoms with Gasteiger partial charge in [-0.05, 0) is 40.2 Å². The number of hydrogen-bond donors (Lipinski definition) is 0. The predicted octanol–water partition coefficient (Wildman–Crippen LogP) is 2.76. The van der Waals surface area contributed by atoms with E-state index in [0.717, 1.165) is 0 Å². The Labute approximate surface area is 130 Å². The van der Waals surface area contributed by atoms with Crippen LogP contribution in [0.2, 0.25) is 0 Å². The smallest absolute Gasteiger partial charge is 0.339 e. The molecule has 0 bridgehead atoms. The summed E-state index contributed by atoms with van der Waals surface area (Å²) in [5, 5.41) is 0. The van der Waals surface area contributed by atoms with Crippen LogP contribution in [0.4, 0.5) is 0 Å². The van der Waals surface area contributed by atoms with Crippen LogP contribution in [-0.2, 0) is 32.3 Å². The normalized spacial score (nSPS) is 44.5. The Kier molecular flexibility index (Phi) is 3.85. The number of phosphoric ester groups is 1. The summed E-state index contributed by atoms with van der Waals surface area (Å²) in [4.78, 5) is 0. The Morgan fingerprint density at radius 3 is 2.55 bits per heavy atom. The third-order valence-corrected chi connectivity index (χ3v) is 5.22. The van der Waals surface area contributed by atoms with E-state index in [1.807, 2.05) is 13.8 Å². The molecule has 22 heavy (non-hydrogen) atoms. The van der Waals surface area contributed by atoms with Crippen LogP contribution in [0.3, 0.4) is 0 Å². The molecule has 0 aromatic heterocycles. The molecule has 0 aromatic rings. The van der Waals surface area contributed by atoms with Gasteiger partial charge in [0, 0.05) is 0 Å². The highest BCUT2D eigenvalue weighted by atomic mass is 31.2. The maximum atomic E-state index is 12.4. The summed E-state index contributed by atoms with van der Waals surface area (Å²) >= 11 is 0. The summed E-state index contributed by atoms with van der Waals surface area (Å²) in [7, 11) is -3.58. The van der Waals surface area contributed by atoms with E-state index in [2.05, 4.69) is 6.58 Å². The molecule has 126 valence electrons. The standard InChI is InChI=1S/C14H23O7P/c1-8-10(17-12-11(8)18-14(5,6)19-12)9-7-16-22(15,20-9)21-13(2,3)4/h9-12H,1,7H2,2-6H3/t9-,10+,11-,12-,22?/m1/s1. The highest BCUT2D eigenvalue weighted by Gasteiger charge is 2.56. The molecule has 0 aromatic carbocycles. The third-order valence-electron chi connectivity index (χ3n) is 3.45. The fraction of sp³-hybridized carbons (Fsp3) is 0.857. The van der Waals surface area contributed by atoms with Crippen molar-refractivity contribution in [2.24, 2.45) is 0 Å². The van der Waals surface area contributed by atoms with Crippen molar-refractivity contribution in [3.63, 3.8) is 0 Å². The van der Waals surface area contributed by atoms with Crippen LogP contribution < -0.4 is 0 Å². The van der Waals surface area contributed by atoms with Crippen molar-refractivity contribution in [1.29, 1.82) is 0 Å². The molecule has 0 N–H and O–H groups in total. The fourth-order valence-electron chi connectivity index (χ4n) is 2.72. The molecule has 3 fully saturated rings.